The van der Waals surface area contributed by atoms with Crippen molar-refractivity contribution in [1.82, 2.24) is 15.1 Å². The fourth-order valence-electron chi connectivity index (χ4n) is 2.29. The monoisotopic (exact) mass is 298 g/mol. The number of anilines is 1. The molecule has 0 aliphatic carbocycles. The van der Waals surface area contributed by atoms with Gasteiger partial charge in [-0.2, -0.15) is 0 Å². The Bertz CT molecular complexity index is 518. The van der Waals surface area contributed by atoms with Gasteiger partial charge in [-0.1, -0.05) is 12.0 Å². The number of likely N-dealkylation sites (N-methyl/N-ethyl adjacent to an activating group) is 1. The van der Waals surface area contributed by atoms with Crippen LogP contribution in [0.3, 0.4) is 0 Å². The van der Waals surface area contributed by atoms with Crippen LogP contribution in [0, 0.1) is 12.8 Å². The van der Waals surface area contributed by atoms with Gasteiger partial charge in [0.2, 0.25) is 11.8 Å². The van der Waals surface area contributed by atoms with E-state index < -0.39 is 11.9 Å². The number of ether oxygens (including phenoxy) is 1. The number of aromatic nitrogens is 2. The van der Waals surface area contributed by atoms with E-state index in [2.05, 4.69) is 15.5 Å². The average Bonchev–Trinajstić information content (AvgIpc) is 3.05. The first-order valence-electron chi connectivity index (χ1n) is 6.65. The van der Waals surface area contributed by atoms with E-state index in [1.807, 2.05) is 6.92 Å². The third-order valence-electron chi connectivity index (χ3n) is 3.36. The van der Waals surface area contributed by atoms with E-state index in [-0.39, 0.29) is 31.1 Å². The van der Waals surface area contributed by atoms with E-state index in [0.717, 1.165) is 0 Å². The first-order valence-corrected chi connectivity index (χ1v) is 6.65. The molecule has 0 spiro atoms. The Morgan fingerprint density at radius 2 is 2.19 bits per heavy atom. The van der Waals surface area contributed by atoms with Gasteiger partial charge in [-0.25, -0.2) is 0 Å². The van der Waals surface area contributed by atoms with Gasteiger partial charge in [0.05, 0.1) is 25.7 Å². The lowest BCUT2D eigenvalue weighted by Crippen LogP contribution is -2.46. The van der Waals surface area contributed by atoms with Gasteiger partial charge < -0.3 is 14.3 Å². The standard InChI is InChI=1S/C12H18N4O5/c1-3-16(9-6-20-5-8(9)11(18)19)4-10(17)13-12-15-14-7(2)21-12/h8-9H,3-6H2,1-2H3,(H,18,19)(H,13,15,17). The quantitative estimate of drug-likeness (QED) is 0.737. The average molecular weight is 298 g/mol. The molecule has 1 amide bonds. The summed E-state index contributed by atoms with van der Waals surface area (Å²) in [6.45, 7) is 4.53. The third kappa shape index (κ3) is 3.76. The lowest BCUT2D eigenvalue weighted by Gasteiger charge is -2.28. The zero-order chi connectivity index (χ0) is 15.4. The van der Waals surface area contributed by atoms with Gasteiger partial charge in [0, 0.05) is 13.0 Å². The predicted molar refractivity (Wildman–Crippen MR) is 70.6 cm³/mol. The number of carboxylic acid groups (broad SMARTS) is 1. The summed E-state index contributed by atoms with van der Waals surface area (Å²) >= 11 is 0. The maximum atomic E-state index is 12.0. The summed E-state index contributed by atoms with van der Waals surface area (Å²) in [5.74, 6) is -1.52. The maximum absolute atomic E-state index is 12.0. The molecule has 9 nitrogen and oxygen atoms in total. The molecule has 1 saturated heterocycles. The van der Waals surface area contributed by atoms with Gasteiger partial charge in [0.1, 0.15) is 0 Å². The topological polar surface area (TPSA) is 118 Å². The predicted octanol–water partition coefficient (Wildman–Crippen LogP) is -0.262. The molecule has 0 saturated carbocycles. The van der Waals surface area contributed by atoms with Crippen molar-refractivity contribution in [3.8, 4) is 0 Å². The Balaban J connectivity index is 1.95. The number of aryl methyl sites for hydroxylation is 1. The van der Waals surface area contributed by atoms with Crippen molar-refractivity contribution in [3.05, 3.63) is 5.89 Å². The van der Waals surface area contributed by atoms with Crippen LogP contribution in [-0.4, -0.2) is 64.4 Å². The third-order valence-corrected chi connectivity index (χ3v) is 3.36. The van der Waals surface area contributed by atoms with Crippen LogP contribution >= 0.6 is 0 Å². The molecule has 1 aromatic rings. The number of hydrogen-bond donors (Lipinski definition) is 2. The summed E-state index contributed by atoms with van der Waals surface area (Å²) in [7, 11) is 0. The van der Waals surface area contributed by atoms with Gasteiger partial charge in [-0.15, -0.1) is 5.10 Å². The largest absolute Gasteiger partial charge is 0.481 e. The number of carbonyl (C=O) groups is 2. The van der Waals surface area contributed by atoms with E-state index in [9.17, 15) is 9.59 Å². The van der Waals surface area contributed by atoms with E-state index >= 15 is 0 Å². The number of carbonyl (C=O) groups excluding carboxylic acids is 1. The molecule has 9 heteroatoms. The Labute approximate surface area is 121 Å². The summed E-state index contributed by atoms with van der Waals surface area (Å²) in [5, 5.41) is 18.9. The minimum atomic E-state index is -0.913. The lowest BCUT2D eigenvalue weighted by molar-refractivity contribution is -0.143. The number of nitrogens with zero attached hydrogens (tertiary/aromatic N) is 3. The second-order valence-corrected chi connectivity index (χ2v) is 4.79. The molecule has 2 rings (SSSR count). The number of hydrogen-bond acceptors (Lipinski definition) is 7. The zero-order valence-corrected chi connectivity index (χ0v) is 11.9. The summed E-state index contributed by atoms with van der Waals surface area (Å²) in [6, 6.07) is -0.284. The Morgan fingerprint density at radius 3 is 2.76 bits per heavy atom. The van der Waals surface area contributed by atoms with Gasteiger partial charge in [0.25, 0.3) is 0 Å². The van der Waals surface area contributed by atoms with Crippen LogP contribution in [0.4, 0.5) is 6.01 Å². The van der Waals surface area contributed by atoms with E-state index in [1.165, 1.54) is 0 Å². The minimum absolute atomic E-state index is 0.0333. The number of amides is 1. The fourth-order valence-corrected chi connectivity index (χ4v) is 2.29. The second-order valence-electron chi connectivity index (χ2n) is 4.79. The second kappa shape index (κ2) is 6.64. The molecule has 2 unspecified atom stereocenters. The normalized spacial score (nSPS) is 21.7. The maximum Gasteiger partial charge on any atom is 0.322 e. The van der Waals surface area contributed by atoms with Crippen LogP contribution < -0.4 is 5.32 Å². The molecule has 0 radical (unpaired) electrons. The molecule has 116 valence electrons. The van der Waals surface area contributed by atoms with Crippen molar-refractivity contribution in [2.45, 2.75) is 19.9 Å². The molecule has 1 aromatic heterocycles. The molecular formula is C12H18N4O5. The molecule has 21 heavy (non-hydrogen) atoms. The highest BCUT2D eigenvalue weighted by Crippen LogP contribution is 2.20. The minimum Gasteiger partial charge on any atom is -0.481 e. The van der Waals surface area contributed by atoms with Crippen LogP contribution in [0.2, 0.25) is 0 Å². The van der Waals surface area contributed by atoms with Gasteiger partial charge in [0.15, 0.2) is 0 Å². The number of carboxylic acids is 1. The number of aliphatic carboxylic acids is 1. The van der Waals surface area contributed by atoms with Crippen molar-refractivity contribution in [3.63, 3.8) is 0 Å². The molecular weight excluding hydrogens is 280 g/mol. The van der Waals surface area contributed by atoms with Crippen LogP contribution in [-0.2, 0) is 14.3 Å². The summed E-state index contributed by atoms with van der Waals surface area (Å²) in [6.07, 6.45) is 0. The smallest absolute Gasteiger partial charge is 0.322 e. The molecule has 2 atom stereocenters. The van der Waals surface area contributed by atoms with Crippen molar-refractivity contribution >= 4 is 17.9 Å². The van der Waals surface area contributed by atoms with Gasteiger partial charge >= 0.3 is 12.0 Å². The van der Waals surface area contributed by atoms with Crippen molar-refractivity contribution in [1.29, 1.82) is 0 Å². The fraction of sp³-hybridized carbons (Fsp3) is 0.667. The van der Waals surface area contributed by atoms with Gasteiger partial charge in [-0.3, -0.25) is 19.8 Å². The molecule has 2 heterocycles. The molecule has 1 fully saturated rings. The highest BCUT2D eigenvalue weighted by Gasteiger charge is 2.38. The lowest BCUT2D eigenvalue weighted by atomic mass is 10.0. The van der Waals surface area contributed by atoms with E-state index in [4.69, 9.17) is 14.3 Å². The van der Waals surface area contributed by atoms with Crippen LogP contribution in [0.25, 0.3) is 0 Å². The van der Waals surface area contributed by atoms with Crippen LogP contribution in [0.5, 0.6) is 0 Å². The molecule has 1 aliphatic rings. The SMILES string of the molecule is CCN(CC(=O)Nc1nnc(C)o1)C1COCC1C(=O)O. The molecule has 0 aromatic carbocycles. The zero-order valence-electron chi connectivity index (χ0n) is 11.9. The molecule has 0 bridgehead atoms. The highest BCUT2D eigenvalue weighted by molar-refractivity contribution is 5.90. The van der Waals surface area contributed by atoms with Crippen LogP contribution in [0.15, 0.2) is 4.42 Å². The Morgan fingerprint density at radius 1 is 1.43 bits per heavy atom. The number of nitrogens with one attached hydrogen (secondary N) is 1. The van der Waals surface area contributed by atoms with Crippen molar-refractivity contribution in [2.75, 3.05) is 31.6 Å². The molecule has 1 aliphatic heterocycles. The summed E-state index contributed by atoms with van der Waals surface area (Å²) < 4.78 is 10.3. The van der Waals surface area contributed by atoms with E-state index in [0.29, 0.717) is 19.0 Å². The van der Waals surface area contributed by atoms with Gasteiger partial charge in [-0.05, 0) is 6.54 Å². The molecule has 2 N–H and O–H groups in total. The first kappa shape index (κ1) is 15.4. The summed E-state index contributed by atoms with van der Waals surface area (Å²) in [4.78, 5) is 24.9. The van der Waals surface area contributed by atoms with Crippen molar-refractivity contribution in [2.24, 2.45) is 5.92 Å². The highest BCUT2D eigenvalue weighted by atomic mass is 16.5. The van der Waals surface area contributed by atoms with Crippen LogP contribution in [0.1, 0.15) is 12.8 Å². The van der Waals surface area contributed by atoms with Crippen molar-refractivity contribution < 1.29 is 23.8 Å². The number of rotatable bonds is 6. The van der Waals surface area contributed by atoms with E-state index in [1.54, 1.807) is 11.8 Å². The first-order chi connectivity index (χ1) is 10.0. The Hall–Kier alpha value is -2.00. The Kier molecular flexibility index (Phi) is 4.86. The summed E-state index contributed by atoms with van der Waals surface area (Å²) in [5.41, 5.74) is 0.